The Balaban J connectivity index is 1.14. The van der Waals surface area contributed by atoms with Gasteiger partial charge in [0.25, 0.3) is 0 Å². The molecular formula is C52H34N2. The highest BCUT2D eigenvalue weighted by Crippen LogP contribution is 2.63. The molecule has 1 aromatic heterocycles. The molecule has 2 nitrogen and oxygen atoms in total. The number of benzene rings is 8. The summed E-state index contributed by atoms with van der Waals surface area (Å²) in [6.07, 6.45) is 0. The molecule has 0 saturated heterocycles. The zero-order valence-corrected chi connectivity index (χ0v) is 29.5. The standard InChI is InChI=1S/C52H34N2/c1-3-17-35(18-4-1)42-34-49(53-48-28-14-10-24-41(42)48)40-23-8-7-21-38(40)36-31-32-45-43(33-36)39-22-9-11-25-44(39)52(45)46-26-12-15-29-50(46)54(37-19-5-2-6-20-37)51-30-16-13-27-47(51)52/h1-34H. The van der Waals surface area contributed by atoms with Gasteiger partial charge in [-0.15, -0.1) is 0 Å². The molecule has 8 aromatic carbocycles. The van der Waals surface area contributed by atoms with Gasteiger partial charge in [0.05, 0.1) is 28.0 Å². The lowest BCUT2D eigenvalue weighted by atomic mass is 9.64. The second-order valence-electron chi connectivity index (χ2n) is 14.2. The number of fused-ring (bicyclic) bond motifs is 10. The van der Waals surface area contributed by atoms with Gasteiger partial charge < -0.3 is 4.90 Å². The quantitative estimate of drug-likeness (QED) is 0.183. The first-order valence-electron chi connectivity index (χ1n) is 18.6. The smallest absolute Gasteiger partial charge is 0.0754 e. The fraction of sp³-hybridized carbons (Fsp3) is 0.0192. The average molecular weight is 687 g/mol. The largest absolute Gasteiger partial charge is 0.310 e. The van der Waals surface area contributed by atoms with Crippen molar-refractivity contribution in [3.8, 4) is 44.6 Å². The van der Waals surface area contributed by atoms with Crippen LogP contribution in [0.3, 0.4) is 0 Å². The number of hydrogen-bond acceptors (Lipinski definition) is 2. The number of hydrogen-bond donors (Lipinski definition) is 0. The number of nitrogens with zero attached hydrogens (tertiary/aromatic N) is 2. The zero-order chi connectivity index (χ0) is 35.6. The molecule has 1 aliphatic heterocycles. The van der Waals surface area contributed by atoms with E-state index in [2.05, 4.69) is 211 Å². The molecule has 0 N–H and O–H groups in total. The van der Waals surface area contributed by atoms with Crippen LogP contribution in [0.25, 0.3) is 55.5 Å². The molecular weight excluding hydrogens is 653 g/mol. The summed E-state index contributed by atoms with van der Waals surface area (Å²) in [6, 6.07) is 75.1. The summed E-state index contributed by atoms with van der Waals surface area (Å²) in [5.41, 5.74) is 18.7. The number of anilines is 3. The Morgan fingerprint density at radius 2 is 0.907 bits per heavy atom. The van der Waals surface area contributed by atoms with Gasteiger partial charge in [-0.25, -0.2) is 4.98 Å². The van der Waals surface area contributed by atoms with Crippen LogP contribution in [-0.2, 0) is 5.41 Å². The van der Waals surface area contributed by atoms with Crippen molar-refractivity contribution < 1.29 is 0 Å². The van der Waals surface area contributed by atoms with E-state index in [4.69, 9.17) is 4.98 Å². The molecule has 9 aromatic rings. The number of para-hydroxylation sites is 4. The minimum Gasteiger partial charge on any atom is -0.310 e. The zero-order valence-electron chi connectivity index (χ0n) is 29.5. The Hall–Kier alpha value is -7.03. The summed E-state index contributed by atoms with van der Waals surface area (Å²) in [7, 11) is 0. The molecule has 2 heteroatoms. The number of pyridine rings is 1. The van der Waals surface area contributed by atoms with Crippen molar-refractivity contribution in [3.05, 3.63) is 229 Å². The third-order valence-corrected chi connectivity index (χ3v) is 11.5. The van der Waals surface area contributed by atoms with Crippen LogP contribution in [0.15, 0.2) is 206 Å². The molecule has 0 unspecified atom stereocenters. The lowest BCUT2D eigenvalue weighted by Gasteiger charge is -2.45. The van der Waals surface area contributed by atoms with E-state index in [-0.39, 0.29) is 0 Å². The normalized spacial score (nSPS) is 13.3. The molecule has 54 heavy (non-hydrogen) atoms. The molecule has 0 atom stereocenters. The van der Waals surface area contributed by atoms with Crippen molar-refractivity contribution in [1.29, 1.82) is 0 Å². The van der Waals surface area contributed by atoms with Gasteiger partial charge in [-0.1, -0.05) is 164 Å². The minimum atomic E-state index is -0.479. The highest BCUT2D eigenvalue weighted by molar-refractivity contribution is 6.00. The van der Waals surface area contributed by atoms with E-state index < -0.39 is 5.41 Å². The molecule has 0 fully saturated rings. The highest BCUT2D eigenvalue weighted by Gasteiger charge is 2.51. The maximum absolute atomic E-state index is 5.27. The van der Waals surface area contributed by atoms with Gasteiger partial charge >= 0.3 is 0 Å². The monoisotopic (exact) mass is 686 g/mol. The van der Waals surface area contributed by atoms with Crippen molar-refractivity contribution in [2.75, 3.05) is 4.90 Å². The molecule has 1 spiro atoms. The van der Waals surface area contributed by atoms with Gasteiger partial charge in [0, 0.05) is 16.6 Å². The summed E-state index contributed by atoms with van der Waals surface area (Å²) >= 11 is 0. The maximum Gasteiger partial charge on any atom is 0.0754 e. The first-order chi connectivity index (χ1) is 26.8. The molecule has 2 heterocycles. The van der Waals surface area contributed by atoms with Gasteiger partial charge in [-0.3, -0.25) is 0 Å². The molecule has 0 saturated carbocycles. The van der Waals surface area contributed by atoms with E-state index in [0.29, 0.717) is 0 Å². The minimum absolute atomic E-state index is 0.479. The third kappa shape index (κ3) is 4.38. The van der Waals surface area contributed by atoms with Crippen LogP contribution in [0.5, 0.6) is 0 Å². The van der Waals surface area contributed by atoms with Crippen molar-refractivity contribution >= 4 is 28.0 Å². The van der Waals surface area contributed by atoms with Crippen LogP contribution in [-0.4, -0.2) is 4.98 Å². The van der Waals surface area contributed by atoms with Crippen molar-refractivity contribution in [2.45, 2.75) is 5.41 Å². The fourth-order valence-electron chi connectivity index (χ4n) is 9.26. The SMILES string of the molecule is c1ccc(-c2cc(-c3ccccc3-c3ccc4c(c3)-c3ccccc3C43c4ccccc4N(c4ccccc4)c4ccccc43)nc3ccccc23)cc1. The van der Waals surface area contributed by atoms with Gasteiger partial charge in [-0.2, -0.15) is 0 Å². The van der Waals surface area contributed by atoms with Gasteiger partial charge in [0.2, 0.25) is 0 Å². The van der Waals surface area contributed by atoms with Crippen LogP contribution in [0.4, 0.5) is 17.1 Å². The van der Waals surface area contributed by atoms with E-state index >= 15 is 0 Å². The van der Waals surface area contributed by atoms with Gasteiger partial charge in [-0.05, 0) is 98.1 Å². The summed E-state index contributed by atoms with van der Waals surface area (Å²) in [5.74, 6) is 0. The Labute approximate surface area is 315 Å². The predicted octanol–water partition coefficient (Wildman–Crippen LogP) is 13.4. The van der Waals surface area contributed by atoms with Crippen molar-refractivity contribution in [1.82, 2.24) is 4.98 Å². The van der Waals surface area contributed by atoms with E-state index in [1.807, 2.05) is 0 Å². The van der Waals surface area contributed by atoms with Gasteiger partial charge in [0.15, 0.2) is 0 Å². The second-order valence-corrected chi connectivity index (χ2v) is 14.2. The average Bonchev–Trinajstić information content (AvgIpc) is 3.54. The fourth-order valence-corrected chi connectivity index (χ4v) is 9.26. The summed E-state index contributed by atoms with van der Waals surface area (Å²) in [5, 5.41) is 1.16. The topological polar surface area (TPSA) is 16.1 Å². The summed E-state index contributed by atoms with van der Waals surface area (Å²) in [6.45, 7) is 0. The second kappa shape index (κ2) is 12.0. The Kier molecular flexibility index (Phi) is 6.80. The number of aromatic nitrogens is 1. The van der Waals surface area contributed by atoms with Crippen LogP contribution in [0.2, 0.25) is 0 Å². The lowest BCUT2D eigenvalue weighted by Crippen LogP contribution is -2.36. The van der Waals surface area contributed by atoms with Crippen LogP contribution < -0.4 is 4.90 Å². The summed E-state index contributed by atoms with van der Waals surface area (Å²) in [4.78, 5) is 7.70. The molecule has 1 aliphatic carbocycles. The predicted molar refractivity (Wildman–Crippen MR) is 224 cm³/mol. The van der Waals surface area contributed by atoms with Crippen molar-refractivity contribution in [2.24, 2.45) is 0 Å². The Morgan fingerprint density at radius 1 is 0.352 bits per heavy atom. The first-order valence-corrected chi connectivity index (χ1v) is 18.6. The first kappa shape index (κ1) is 30.6. The highest BCUT2D eigenvalue weighted by atomic mass is 15.2. The van der Waals surface area contributed by atoms with Gasteiger partial charge in [0.1, 0.15) is 0 Å². The van der Waals surface area contributed by atoms with Crippen molar-refractivity contribution in [3.63, 3.8) is 0 Å². The molecule has 11 rings (SSSR count). The van der Waals surface area contributed by atoms with Crippen LogP contribution in [0.1, 0.15) is 22.3 Å². The number of rotatable bonds is 4. The molecule has 0 amide bonds. The molecule has 0 radical (unpaired) electrons. The van der Waals surface area contributed by atoms with Crippen LogP contribution >= 0.6 is 0 Å². The Morgan fingerprint density at radius 3 is 1.65 bits per heavy atom. The van der Waals surface area contributed by atoms with E-state index in [1.54, 1.807) is 0 Å². The van der Waals surface area contributed by atoms with E-state index in [0.717, 1.165) is 27.8 Å². The van der Waals surface area contributed by atoms with E-state index in [1.165, 1.54) is 67.0 Å². The maximum atomic E-state index is 5.27. The lowest BCUT2D eigenvalue weighted by molar-refractivity contribution is 0.753. The van der Waals surface area contributed by atoms with E-state index in [9.17, 15) is 0 Å². The van der Waals surface area contributed by atoms with Crippen LogP contribution in [0, 0.1) is 0 Å². The molecule has 2 aliphatic rings. The Bertz CT molecular complexity index is 2840. The third-order valence-electron chi connectivity index (χ3n) is 11.5. The molecule has 252 valence electrons. The summed E-state index contributed by atoms with van der Waals surface area (Å²) < 4.78 is 0. The molecule has 0 bridgehead atoms.